The largest absolute Gasteiger partial charge is 0.334 e. The van der Waals surface area contributed by atoms with Crippen LogP contribution in [0, 0.1) is 0 Å². The van der Waals surface area contributed by atoms with Crippen molar-refractivity contribution in [2.75, 3.05) is 5.32 Å². The van der Waals surface area contributed by atoms with Crippen LogP contribution < -0.4 is 10.6 Å². The number of benzene rings is 3. The maximum atomic E-state index is 12.8. The van der Waals surface area contributed by atoms with Gasteiger partial charge in [-0.3, -0.25) is 0 Å². The van der Waals surface area contributed by atoms with E-state index in [0.717, 1.165) is 24.8 Å². The lowest BCUT2D eigenvalue weighted by Crippen LogP contribution is -2.28. The molecule has 0 heterocycles. The van der Waals surface area contributed by atoms with Crippen LogP contribution in [0.5, 0.6) is 0 Å². The van der Waals surface area contributed by atoms with E-state index < -0.39 is 15.9 Å². The molecule has 0 aliphatic heterocycles. The van der Waals surface area contributed by atoms with Crippen molar-refractivity contribution in [1.82, 2.24) is 5.32 Å². The highest BCUT2D eigenvalue weighted by Gasteiger charge is 2.18. The molecule has 0 fully saturated rings. The summed E-state index contributed by atoms with van der Waals surface area (Å²) in [5.41, 5.74) is 4.55. The highest BCUT2D eigenvalue weighted by atomic mass is 35.5. The third-order valence-corrected chi connectivity index (χ3v) is 8.02. The quantitative estimate of drug-likeness (QED) is 0.461. The molecule has 3 aromatic rings. The number of hydrogen-bond donors (Lipinski definition) is 2. The first-order chi connectivity index (χ1) is 15.3. The summed E-state index contributed by atoms with van der Waals surface area (Å²) in [5.74, 6) is -0.0477. The van der Waals surface area contributed by atoms with E-state index in [4.69, 9.17) is 23.2 Å². The lowest BCUT2D eigenvalue weighted by molar-refractivity contribution is 0.251. The van der Waals surface area contributed by atoms with Crippen molar-refractivity contribution >= 4 is 44.8 Å². The van der Waals surface area contributed by atoms with E-state index in [-0.39, 0.29) is 17.2 Å². The Morgan fingerprint density at radius 3 is 2.47 bits per heavy atom. The predicted octanol–water partition coefficient (Wildman–Crippen LogP) is 5.78. The summed E-state index contributed by atoms with van der Waals surface area (Å²) in [7, 11) is -3.49. The van der Waals surface area contributed by atoms with Gasteiger partial charge in [-0.05, 0) is 71.8 Å². The Balaban J connectivity index is 1.36. The standard InChI is InChI=1S/C24H22Cl2N2O3S/c25-22-6-2-5-19(23(22)26)14-27-24(29)28-20-9-11-21(12-10-20)32(30,31)15-16-7-8-17-3-1-4-18(17)13-16/h2,5-13H,1,3-4,14-15H2,(H2,27,28,29). The third kappa shape index (κ3) is 5.26. The molecule has 0 saturated heterocycles. The molecule has 1 aliphatic rings. The number of urea groups is 1. The molecule has 5 nitrogen and oxygen atoms in total. The lowest BCUT2D eigenvalue weighted by atomic mass is 10.1. The second-order valence-electron chi connectivity index (χ2n) is 7.76. The Bertz CT molecular complexity index is 1260. The lowest BCUT2D eigenvalue weighted by Gasteiger charge is -2.10. The van der Waals surface area contributed by atoms with E-state index in [1.807, 2.05) is 18.2 Å². The number of carbonyl (C=O) groups is 1. The van der Waals surface area contributed by atoms with Gasteiger partial charge in [-0.2, -0.15) is 0 Å². The van der Waals surface area contributed by atoms with E-state index >= 15 is 0 Å². The van der Waals surface area contributed by atoms with Crippen LogP contribution in [0.3, 0.4) is 0 Å². The summed E-state index contributed by atoms with van der Waals surface area (Å²) in [4.78, 5) is 12.4. The molecule has 2 N–H and O–H groups in total. The van der Waals surface area contributed by atoms with Crippen molar-refractivity contribution in [1.29, 1.82) is 0 Å². The molecule has 166 valence electrons. The summed E-state index contributed by atoms with van der Waals surface area (Å²) in [6.07, 6.45) is 3.20. The molecule has 0 aromatic heterocycles. The SMILES string of the molecule is O=C(NCc1cccc(Cl)c1Cl)Nc1ccc(S(=O)(=O)Cc2ccc3c(c2)CCC3)cc1. The van der Waals surface area contributed by atoms with Crippen molar-refractivity contribution < 1.29 is 13.2 Å². The number of sulfone groups is 1. The van der Waals surface area contributed by atoms with Crippen molar-refractivity contribution in [3.8, 4) is 0 Å². The van der Waals surface area contributed by atoms with Crippen LogP contribution in [0.1, 0.15) is 28.7 Å². The van der Waals surface area contributed by atoms with Crippen LogP contribution in [0.4, 0.5) is 10.5 Å². The van der Waals surface area contributed by atoms with Gasteiger partial charge in [-0.25, -0.2) is 13.2 Å². The van der Waals surface area contributed by atoms with Gasteiger partial charge in [-0.15, -0.1) is 0 Å². The van der Waals surface area contributed by atoms with Gasteiger partial charge < -0.3 is 10.6 Å². The zero-order chi connectivity index (χ0) is 22.7. The molecule has 0 radical (unpaired) electrons. The molecule has 1 aliphatic carbocycles. The first kappa shape index (κ1) is 22.6. The maximum absolute atomic E-state index is 12.8. The second-order valence-corrected chi connectivity index (χ2v) is 10.5. The van der Waals surface area contributed by atoms with E-state index in [1.165, 1.54) is 23.3 Å². The van der Waals surface area contributed by atoms with E-state index in [0.29, 0.717) is 21.3 Å². The van der Waals surface area contributed by atoms with Crippen LogP contribution in [0.15, 0.2) is 65.6 Å². The van der Waals surface area contributed by atoms with Crippen LogP contribution in [-0.4, -0.2) is 14.4 Å². The minimum absolute atomic E-state index is 0.0477. The number of aryl methyl sites for hydroxylation is 2. The molecule has 8 heteroatoms. The zero-order valence-electron chi connectivity index (χ0n) is 17.2. The smallest absolute Gasteiger partial charge is 0.319 e. The fourth-order valence-corrected chi connectivity index (χ4v) is 5.52. The van der Waals surface area contributed by atoms with Crippen LogP contribution in [0.2, 0.25) is 10.0 Å². The Labute approximate surface area is 197 Å². The number of halogens is 2. The molecule has 4 rings (SSSR count). The second kappa shape index (κ2) is 9.53. The monoisotopic (exact) mass is 488 g/mol. The van der Waals surface area contributed by atoms with Gasteiger partial charge >= 0.3 is 6.03 Å². The number of amides is 2. The average molecular weight is 489 g/mol. The van der Waals surface area contributed by atoms with Crippen molar-refractivity contribution in [2.24, 2.45) is 0 Å². The van der Waals surface area contributed by atoms with Crippen LogP contribution in [-0.2, 0) is 35.0 Å². The third-order valence-electron chi connectivity index (χ3n) is 5.46. The summed E-state index contributed by atoms with van der Waals surface area (Å²) in [6, 6.07) is 16.9. The van der Waals surface area contributed by atoms with Gasteiger partial charge in [-0.1, -0.05) is 53.5 Å². The minimum Gasteiger partial charge on any atom is -0.334 e. The number of carbonyl (C=O) groups excluding carboxylic acids is 1. The Morgan fingerprint density at radius 1 is 0.938 bits per heavy atom. The summed E-state index contributed by atoms with van der Waals surface area (Å²) >= 11 is 12.1. The number of anilines is 1. The van der Waals surface area contributed by atoms with Gasteiger partial charge in [0, 0.05) is 12.2 Å². The zero-order valence-corrected chi connectivity index (χ0v) is 19.5. The highest BCUT2D eigenvalue weighted by Crippen LogP contribution is 2.26. The van der Waals surface area contributed by atoms with Crippen LogP contribution >= 0.6 is 23.2 Å². The molecule has 0 saturated carbocycles. The Hall–Kier alpha value is -2.54. The number of rotatable bonds is 6. The van der Waals surface area contributed by atoms with Gasteiger partial charge in [0.25, 0.3) is 0 Å². The molecule has 0 unspecified atom stereocenters. The maximum Gasteiger partial charge on any atom is 0.319 e. The van der Waals surface area contributed by atoms with E-state index in [9.17, 15) is 13.2 Å². The van der Waals surface area contributed by atoms with Crippen molar-refractivity contribution in [2.45, 2.75) is 36.5 Å². The van der Waals surface area contributed by atoms with Gasteiger partial charge in [0.15, 0.2) is 9.84 Å². The summed E-state index contributed by atoms with van der Waals surface area (Å²) < 4.78 is 25.7. The van der Waals surface area contributed by atoms with E-state index in [2.05, 4.69) is 10.6 Å². The number of fused-ring (bicyclic) bond motifs is 1. The van der Waals surface area contributed by atoms with Crippen LogP contribution in [0.25, 0.3) is 0 Å². The van der Waals surface area contributed by atoms with Crippen molar-refractivity contribution in [3.63, 3.8) is 0 Å². The molecular formula is C24H22Cl2N2O3S. The fraction of sp³-hybridized carbons (Fsp3) is 0.208. The fourth-order valence-electron chi connectivity index (χ4n) is 3.80. The molecule has 2 amide bonds. The molecule has 0 spiro atoms. The first-order valence-corrected chi connectivity index (χ1v) is 12.6. The normalized spacial score (nSPS) is 12.9. The molecule has 0 bridgehead atoms. The van der Waals surface area contributed by atoms with Gasteiger partial charge in [0.2, 0.25) is 0 Å². The Morgan fingerprint density at radius 2 is 1.69 bits per heavy atom. The summed E-state index contributed by atoms with van der Waals surface area (Å²) in [5, 5.41) is 6.20. The predicted molar refractivity (Wildman–Crippen MR) is 128 cm³/mol. The topological polar surface area (TPSA) is 75.3 Å². The molecule has 32 heavy (non-hydrogen) atoms. The minimum atomic E-state index is -3.49. The van der Waals surface area contributed by atoms with E-state index in [1.54, 1.807) is 30.3 Å². The average Bonchev–Trinajstić information content (AvgIpc) is 3.23. The number of hydrogen-bond acceptors (Lipinski definition) is 3. The summed E-state index contributed by atoms with van der Waals surface area (Å²) in [6.45, 7) is 0.207. The van der Waals surface area contributed by atoms with Gasteiger partial charge in [0.05, 0.1) is 20.7 Å². The molecular weight excluding hydrogens is 467 g/mol. The first-order valence-electron chi connectivity index (χ1n) is 10.2. The number of nitrogens with one attached hydrogen (secondary N) is 2. The highest BCUT2D eigenvalue weighted by molar-refractivity contribution is 7.90. The van der Waals surface area contributed by atoms with Gasteiger partial charge in [0.1, 0.15) is 0 Å². The molecule has 3 aromatic carbocycles. The Kier molecular flexibility index (Phi) is 6.74. The van der Waals surface area contributed by atoms with Crippen molar-refractivity contribution in [3.05, 3.63) is 93.0 Å². The molecule has 0 atom stereocenters.